The first-order valence-electron chi connectivity index (χ1n) is 8.66. The first-order valence-corrected chi connectivity index (χ1v) is 9.29. The average molecular weight is 420 g/mol. The van der Waals surface area contributed by atoms with Crippen molar-refractivity contribution in [2.24, 2.45) is 11.7 Å². The number of carboxylic acids is 2. The highest BCUT2D eigenvalue weighted by molar-refractivity contribution is 7.80. The Hall–Kier alpha value is -2.34. The zero-order valence-electron chi connectivity index (χ0n) is 16.0. The number of hydrogen-bond donors (Lipinski definition) is 7. The molecular formula is C16H28N4O7S. The van der Waals surface area contributed by atoms with Crippen molar-refractivity contribution in [3.8, 4) is 0 Å². The van der Waals surface area contributed by atoms with E-state index in [9.17, 15) is 24.0 Å². The Balaban J connectivity index is 5.15. The van der Waals surface area contributed by atoms with E-state index in [1.165, 1.54) is 6.92 Å². The van der Waals surface area contributed by atoms with Gasteiger partial charge < -0.3 is 31.9 Å². The summed E-state index contributed by atoms with van der Waals surface area (Å²) in [6.45, 7) is 4.78. The molecule has 5 atom stereocenters. The molecular weight excluding hydrogens is 392 g/mol. The Bertz CT molecular complexity index is 602. The van der Waals surface area contributed by atoms with Crippen LogP contribution in [0.25, 0.3) is 0 Å². The zero-order chi connectivity index (χ0) is 22.0. The van der Waals surface area contributed by atoms with Crippen molar-refractivity contribution < 1.29 is 34.2 Å². The number of carbonyl (C=O) groups excluding carboxylic acids is 3. The lowest BCUT2D eigenvalue weighted by molar-refractivity contribution is -0.142. The fraction of sp³-hybridized carbons (Fsp3) is 0.688. The summed E-state index contributed by atoms with van der Waals surface area (Å²) in [6, 6.07) is -4.69. The third kappa shape index (κ3) is 8.57. The largest absolute Gasteiger partial charge is 0.481 e. The lowest BCUT2D eigenvalue weighted by Gasteiger charge is -2.27. The Kier molecular flexibility index (Phi) is 11.2. The Morgan fingerprint density at radius 3 is 1.96 bits per heavy atom. The van der Waals surface area contributed by atoms with Gasteiger partial charge in [-0.05, 0) is 12.8 Å². The van der Waals surface area contributed by atoms with E-state index in [4.69, 9.17) is 15.9 Å². The van der Waals surface area contributed by atoms with Gasteiger partial charge in [-0.3, -0.25) is 24.0 Å². The summed E-state index contributed by atoms with van der Waals surface area (Å²) >= 11 is 3.99. The summed E-state index contributed by atoms with van der Waals surface area (Å²) in [5.41, 5.74) is 5.45. The van der Waals surface area contributed by atoms with Crippen LogP contribution in [0, 0.1) is 5.92 Å². The van der Waals surface area contributed by atoms with E-state index in [1.807, 2.05) is 0 Å². The van der Waals surface area contributed by atoms with Crippen molar-refractivity contribution in [3.63, 3.8) is 0 Å². The maximum Gasteiger partial charge on any atom is 0.325 e. The first-order chi connectivity index (χ1) is 12.9. The number of aliphatic carboxylic acids is 2. The molecule has 160 valence electrons. The summed E-state index contributed by atoms with van der Waals surface area (Å²) < 4.78 is 0. The smallest absolute Gasteiger partial charge is 0.325 e. The molecule has 0 aliphatic carbocycles. The van der Waals surface area contributed by atoms with Gasteiger partial charge in [-0.2, -0.15) is 12.6 Å². The molecule has 0 aromatic rings. The number of carbonyl (C=O) groups is 5. The van der Waals surface area contributed by atoms with Crippen LogP contribution in [0.1, 0.15) is 33.6 Å². The molecule has 5 unspecified atom stereocenters. The SMILES string of the molecule is CCC(C)C(NC(=O)C(CS)NC(=O)C(N)CC(=O)O)C(=O)NC(C)C(=O)O. The molecule has 0 aliphatic rings. The topological polar surface area (TPSA) is 188 Å². The van der Waals surface area contributed by atoms with Gasteiger partial charge in [0.2, 0.25) is 17.7 Å². The average Bonchev–Trinajstić information content (AvgIpc) is 2.61. The molecule has 0 fully saturated rings. The van der Waals surface area contributed by atoms with Crippen LogP contribution in [0.4, 0.5) is 0 Å². The normalized spacial score (nSPS) is 16.0. The lowest BCUT2D eigenvalue weighted by Crippen LogP contribution is -2.59. The highest BCUT2D eigenvalue weighted by atomic mass is 32.1. The van der Waals surface area contributed by atoms with Crippen LogP contribution in [0.3, 0.4) is 0 Å². The van der Waals surface area contributed by atoms with Crippen molar-refractivity contribution in [1.82, 2.24) is 16.0 Å². The second-order valence-corrected chi connectivity index (χ2v) is 6.75. The van der Waals surface area contributed by atoms with Crippen LogP contribution < -0.4 is 21.7 Å². The van der Waals surface area contributed by atoms with Crippen LogP contribution in [-0.4, -0.2) is 69.8 Å². The number of carboxylic acid groups (broad SMARTS) is 2. The van der Waals surface area contributed by atoms with E-state index < -0.39 is 60.2 Å². The van der Waals surface area contributed by atoms with Crippen molar-refractivity contribution >= 4 is 42.3 Å². The molecule has 11 nitrogen and oxygen atoms in total. The molecule has 0 radical (unpaired) electrons. The predicted octanol–water partition coefficient (Wildman–Crippen LogP) is -1.68. The summed E-state index contributed by atoms with van der Waals surface area (Å²) in [5.74, 6) is -5.20. The van der Waals surface area contributed by atoms with E-state index in [-0.39, 0.29) is 11.7 Å². The van der Waals surface area contributed by atoms with Gasteiger partial charge in [-0.25, -0.2) is 0 Å². The van der Waals surface area contributed by atoms with Gasteiger partial charge in [0.1, 0.15) is 18.1 Å². The third-order valence-electron chi connectivity index (χ3n) is 4.07. The van der Waals surface area contributed by atoms with Crippen LogP contribution in [0.15, 0.2) is 0 Å². The monoisotopic (exact) mass is 420 g/mol. The molecule has 0 bridgehead atoms. The molecule has 0 aliphatic heterocycles. The molecule has 0 heterocycles. The zero-order valence-corrected chi connectivity index (χ0v) is 16.9. The number of thiol groups is 1. The number of rotatable bonds is 12. The van der Waals surface area contributed by atoms with Crippen LogP contribution in [0.5, 0.6) is 0 Å². The fourth-order valence-corrected chi connectivity index (χ4v) is 2.33. The second kappa shape index (κ2) is 12.2. The first kappa shape index (κ1) is 25.7. The number of nitrogens with two attached hydrogens (primary N) is 1. The van der Waals surface area contributed by atoms with Gasteiger partial charge in [0.05, 0.1) is 12.5 Å². The summed E-state index contributed by atoms with van der Waals surface area (Å²) in [5, 5.41) is 24.7. The summed E-state index contributed by atoms with van der Waals surface area (Å²) in [4.78, 5) is 58.3. The number of amides is 3. The third-order valence-corrected chi connectivity index (χ3v) is 4.43. The predicted molar refractivity (Wildman–Crippen MR) is 103 cm³/mol. The Labute approximate surface area is 168 Å². The van der Waals surface area contributed by atoms with Gasteiger partial charge in [-0.15, -0.1) is 0 Å². The van der Waals surface area contributed by atoms with Gasteiger partial charge >= 0.3 is 11.9 Å². The molecule has 0 rings (SSSR count). The lowest BCUT2D eigenvalue weighted by atomic mass is 9.97. The molecule has 28 heavy (non-hydrogen) atoms. The van der Waals surface area contributed by atoms with Gasteiger partial charge in [0.15, 0.2) is 0 Å². The van der Waals surface area contributed by atoms with E-state index in [1.54, 1.807) is 13.8 Å². The minimum atomic E-state index is -1.35. The Morgan fingerprint density at radius 1 is 0.964 bits per heavy atom. The van der Waals surface area contributed by atoms with E-state index in [0.29, 0.717) is 6.42 Å². The Morgan fingerprint density at radius 2 is 1.54 bits per heavy atom. The number of nitrogens with one attached hydrogen (secondary N) is 3. The molecule has 0 saturated carbocycles. The van der Waals surface area contributed by atoms with Crippen molar-refractivity contribution in [2.75, 3.05) is 5.75 Å². The van der Waals surface area contributed by atoms with Crippen LogP contribution in [0.2, 0.25) is 0 Å². The van der Waals surface area contributed by atoms with E-state index in [0.717, 1.165) is 0 Å². The summed E-state index contributed by atoms with van der Waals surface area (Å²) in [7, 11) is 0. The molecule has 0 aromatic heterocycles. The molecule has 3 amide bonds. The van der Waals surface area contributed by atoms with Gasteiger partial charge in [-0.1, -0.05) is 20.3 Å². The molecule has 0 aromatic carbocycles. The highest BCUT2D eigenvalue weighted by Gasteiger charge is 2.31. The van der Waals surface area contributed by atoms with Gasteiger partial charge in [0, 0.05) is 5.75 Å². The minimum Gasteiger partial charge on any atom is -0.481 e. The van der Waals surface area contributed by atoms with Gasteiger partial charge in [0.25, 0.3) is 0 Å². The maximum atomic E-state index is 12.5. The fourth-order valence-electron chi connectivity index (χ4n) is 2.07. The summed E-state index contributed by atoms with van der Waals surface area (Å²) in [6.07, 6.45) is -0.0983. The maximum absolute atomic E-state index is 12.5. The second-order valence-electron chi connectivity index (χ2n) is 6.39. The quantitative estimate of drug-likeness (QED) is 0.182. The highest BCUT2D eigenvalue weighted by Crippen LogP contribution is 2.09. The molecule has 0 spiro atoms. The minimum absolute atomic E-state index is 0.127. The van der Waals surface area contributed by atoms with E-state index in [2.05, 4.69) is 28.6 Å². The van der Waals surface area contributed by atoms with Crippen molar-refractivity contribution in [1.29, 1.82) is 0 Å². The molecule has 12 heteroatoms. The van der Waals surface area contributed by atoms with Crippen LogP contribution in [-0.2, 0) is 24.0 Å². The number of hydrogen-bond acceptors (Lipinski definition) is 7. The molecule has 0 saturated heterocycles. The van der Waals surface area contributed by atoms with Crippen molar-refractivity contribution in [3.05, 3.63) is 0 Å². The van der Waals surface area contributed by atoms with Crippen LogP contribution >= 0.6 is 12.6 Å². The standard InChI is InChI=1S/C16H28N4O7S/c1-4-7(2)12(15(25)18-8(3)16(26)27)20-14(24)10(6-28)19-13(23)9(17)5-11(21)22/h7-10,12,28H,4-6,17H2,1-3H3,(H,18,25)(H,19,23)(H,20,24)(H,21,22)(H,26,27). The van der Waals surface area contributed by atoms with E-state index >= 15 is 0 Å². The molecule has 7 N–H and O–H groups in total. The van der Waals surface area contributed by atoms with Crippen molar-refractivity contribution in [2.45, 2.75) is 57.8 Å².